The zero-order chi connectivity index (χ0) is 11.4. The number of hydrogen-bond acceptors (Lipinski definition) is 4. The number of aliphatic hydroxyl groups excluding tert-OH is 1. The maximum absolute atomic E-state index is 11.9. The van der Waals surface area contributed by atoms with E-state index in [0.717, 1.165) is 0 Å². The lowest BCUT2D eigenvalue weighted by Gasteiger charge is -1.96. The summed E-state index contributed by atoms with van der Waals surface area (Å²) >= 11 is 0. The highest BCUT2D eigenvalue weighted by Crippen LogP contribution is 2.09. The van der Waals surface area contributed by atoms with E-state index in [1.165, 1.54) is 12.5 Å². The molecule has 0 atom stereocenters. The SMILES string of the molecule is O=c1c(C=NCCO)coc2ccccc12. The van der Waals surface area contributed by atoms with Crippen LogP contribution in [0.1, 0.15) is 5.56 Å². The minimum absolute atomic E-state index is 0.0323. The van der Waals surface area contributed by atoms with E-state index < -0.39 is 0 Å². The second-order valence-electron chi connectivity index (χ2n) is 3.28. The number of aliphatic hydroxyl groups is 1. The zero-order valence-corrected chi connectivity index (χ0v) is 8.59. The van der Waals surface area contributed by atoms with Crippen LogP contribution >= 0.6 is 0 Å². The first kappa shape index (κ1) is 10.6. The van der Waals surface area contributed by atoms with Crippen molar-refractivity contribution in [3.8, 4) is 0 Å². The lowest BCUT2D eigenvalue weighted by atomic mass is 10.2. The number of nitrogens with zero attached hydrogens (tertiary/aromatic N) is 1. The largest absolute Gasteiger partial charge is 0.463 e. The maximum Gasteiger partial charge on any atom is 0.201 e. The van der Waals surface area contributed by atoms with Crippen molar-refractivity contribution in [2.75, 3.05) is 13.2 Å². The van der Waals surface area contributed by atoms with Crippen molar-refractivity contribution in [2.45, 2.75) is 0 Å². The Bertz CT molecular complexity index is 572. The Balaban J connectivity index is 2.49. The van der Waals surface area contributed by atoms with Crippen LogP contribution in [0.2, 0.25) is 0 Å². The standard InChI is InChI=1S/C12H11NO3/c14-6-5-13-7-9-8-16-11-4-2-1-3-10(11)12(9)15/h1-4,7-8,14H,5-6H2. The van der Waals surface area contributed by atoms with Gasteiger partial charge in [-0.1, -0.05) is 12.1 Å². The highest BCUT2D eigenvalue weighted by atomic mass is 16.3. The van der Waals surface area contributed by atoms with Crippen molar-refractivity contribution in [3.05, 3.63) is 46.3 Å². The molecule has 2 rings (SSSR count). The number of benzene rings is 1. The van der Waals surface area contributed by atoms with E-state index in [4.69, 9.17) is 9.52 Å². The number of fused-ring (bicyclic) bond motifs is 1. The molecule has 0 aliphatic carbocycles. The highest BCUT2D eigenvalue weighted by Gasteiger charge is 2.03. The molecule has 0 unspecified atom stereocenters. The lowest BCUT2D eigenvalue weighted by molar-refractivity contribution is 0.307. The molecule has 4 heteroatoms. The summed E-state index contributed by atoms with van der Waals surface area (Å²) in [5.41, 5.74) is 0.850. The molecule has 2 aromatic rings. The Morgan fingerprint density at radius 2 is 2.19 bits per heavy atom. The third kappa shape index (κ3) is 2.01. The Morgan fingerprint density at radius 1 is 1.38 bits per heavy atom. The molecule has 0 bridgehead atoms. The van der Waals surface area contributed by atoms with Crippen molar-refractivity contribution >= 4 is 17.2 Å². The normalized spacial score (nSPS) is 11.3. The van der Waals surface area contributed by atoms with Crippen molar-refractivity contribution in [2.24, 2.45) is 4.99 Å². The van der Waals surface area contributed by atoms with E-state index in [9.17, 15) is 4.79 Å². The van der Waals surface area contributed by atoms with Gasteiger partial charge in [-0.05, 0) is 12.1 Å². The molecule has 4 nitrogen and oxygen atoms in total. The van der Waals surface area contributed by atoms with Gasteiger partial charge in [0.1, 0.15) is 11.8 Å². The predicted molar refractivity (Wildman–Crippen MR) is 62.0 cm³/mol. The summed E-state index contributed by atoms with van der Waals surface area (Å²) in [5, 5.41) is 9.11. The van der Waals surface area contributed by atoms with E-state index in [1.807, 2.05) is 6.07 Å². The molecular weight excluding hydrogens is 206 g/mol. The molecular formula is C12H11NO3. The molecule has 0 aliphatic heterocycles. The van der Waals surface area contributed by atoms with Gasteiger partial charge in [0, 0.05) is 6.21 Å². The van der Waals surface area contributed by atoms with Crippen molar-refractivity contribution in [1.82, 2.24) is 0 Å². The summed E-state index contributed by atoms with van der Waals surface area (Å²) in [6.45, 7) is 0.252. The van der Waals surface area contributed by atoms with Gasteiger partial charge in [0.25, 0.3) is 0 Å². The Labute approximate surface area is 91.9 Å². The molecule has 1 heterocycles. The zero-order valence-electron chi connectivity index (χ0n) is 8.59. The van der Waals surface area contributed by atoms with Gasteiger partial charge in [0.15, 0.2) is 0 Å². The average molecular weight is 217 g/mol. The van der Waals surface area contributed by atoms with Gasteiger partial charge in [-0.3, -0.25) is 9.79 Å². The van der Waals surface area contributed by atoms with E-state index in [-0.39, 0.29) is 18.6 Å². The van der Waals surface area contributed by atoms with Crippen LogP contribution in [0.5, 0.6) is 0 Å². The van der Waals surface area contributed by atoms with E-state index in [0.29, 0.717) is 16.5 Å². The molecule has 0 aliphatic rings. The molecule has 0 amide bonds. The quantitative estimate of drug-likeness (QED) is 0.786. The smallest absolute Gasteiger partial charge is 0.201 e. The van der Waals surface area contributed by atoms with Gasteiger partial charge >= 0.3 is 0 Å². The van der Waals surface area contributed by atoms with Crippen LogP contribution in [0.3, 0.4) is 0 Å². The fraction of sp³-hybridized carbons (Fsp3) is 0.167. The van der Waals surface area contributed by atoms with Gasteiger partial charge < -0.3 is 9.52 Å². The minimum atomic E-state index is -0.108. The summed E-state index contributed by atoms with van der Waals surface area (Å²) in [6.07, 6.45) is 2.81. The monoisotopic (exact) mass is 217 g/mol. The predicted octanol–water partition coefficient (Wildman–Crippen LogP) is 1.20. The summed E-state index contributed by atoms with van der Waals surface area (Å²) < 4.78 is 5.30. The van der Waals surface area contributed by atoms with Crippen molar-refractivity contribution in [3.63, 3.8) is 0 Å². The summed E-state index contributed by atoms with van der Waals surface area (Å²) in [4.78, 5) is 15.8. The van der Waals surface area contributed by atoms with Crippen LogP contribution in [-0.2, 0) is 0 Å². The molecule has 82 valence electrons. The number of hydrogen-bond donors (Lipinski definition) is 1. The Kier molecular flexibility index (Phi) is 3.12. The van der Waals surface area contributed by atoms with Crippen molar-refractivity contribution in [1.29, 1.82) is 0 Å². The number of aliphatic imine (C=N–C) groups is 1. The van der Waals surface area contributed by atoms with Crippen LogP contribution in [0.25, 0.3) is 11.0 Å². The van der Waals surface area contributed by atoms with Crippen LogP contribution < -0.4 is 5.43 Å². The fourth-order valence-corrected chi connectivity index (χ4v) is 1.40. The third-order valence-corrected chi connectivity index (χ3v) is 2.17. The third-order valence-electron chi connectivity index (χ3n) is 2.17. The summed E-state index contributed by atoms with van der Waals surface area (Å²) in [6, 6.07) is 7.05. The molecule has 0 saturated heterocycles. The molecule has 16 heavy (non-hydrogen) atoms. The van der Waals surface area contributed by atoms with Crippen LogP contribution in [0, 0.1) is 0 Å². The first-order chi connectivity index (χ1) is 7.83. The van der Waals surface area contributed by atoms with Crippen LogP contribution in [-0.4, -0.2) is 24.5 Å². The average Bonchev–Trinajstić information content (AvgIpc) is 2.33. The lowest BCUT2D eigenvalue weighted by Crippen LogP contribution is -2.08. The van der Waals surface area contributed by atoms with Crippen LogP contribution in [0.4, 0.5) is 0 Å². The van der Waals surface area contributed by atoms with Crippen LogP contribution in [0.15, 0.2) is 44.7 Å². The van der Waals surface area contributed by atoms with E-state index >= 15 is 0 Å². The van der Waals surface area contributed by atoms with Gasteiger partial charge in [-0.15, -0.1) is 0 Å². The topological polar surface area (TPSA) is 62.8 Å². The van der Waals surface area contributed by atoms with E-state index in [1.54, 1.807) is 18.2 Å². The number of rotatable bonds is 3. The second kappa shape index (κ2) is 4.72. The second-order valence-corrected chi connectivity index (χ2v) is 3.28. The fourth-order valence-electron chi connectivity index (χ4n) is 1.40. The Morgan fingerprint density at radius 3 is 3.00 bits per heavy atom. The highest BCUT2D eigenvalue weighted by molar-refractivity contribution is 5.86. The van der Waals surface area contributed by atoms with E-state index in [2.05, 4.69) is 4.99 Å². The minimum Gasteiger partial charge on any atom is -0.463 e. The molecule has 0 saturated carbocycles. The summed E-state index contributed by atoms with van der Waals surface area (Å²) in [5.74, 6) is 0. The number of para-hydroxylation sites is 1. The first-order valence-electron chi connectivity index (χ1n) is 4.94. The molecule has 1 aromatic heterocycles. The van der Waals surface area contributed by atoms with Gasteiger partial charge in [0.05, 0.1) is 24.1 Å². The summed E-state index contributed by atoms with van der Waals surface area (Å²) in [7, 11) is 0. The maximum atomic E-state index is 11.9. The molecule has 0 spiro atoms. The Hall–Kier alpha value is -1.94. The molecule has 0 radical (unpaired) electrons. The van der Waals surface area contributed by atoms with Crippen molar-refractivity contribution < 1.29 is 9.52 Å². The molecule has 1 N–H and O–H groups in total. The van der Waals surface area contributed by atoms with Gasteiger partial charge in [-0.25, -0.2) is 0 Å². The molecule has 1 aromatic carbocycles. The van der Waals surface area contributed by atoms with Gasteiger partial charge in [-0.2, -0.15) is 0 Å². The van der Waals surface area contributed by atoms with Gasteiger partial charge in [0.2, 0.25) is 5.43 Å². The molecule has 0 fully saturated rings. The first-order valence-corrected chi connectivity index (χ1v) is 4.94.